The van der Waals surface area contributed by atoms with Gasteiger partial charge < -0.3 is 40.8 Å². The summed E-state index contributed by atoms with van der Waals surface area (Å²) in [6.07, 6.45) is 45.9. The van der Waals surface area contributed by atoms with Gasteiger partial charge in [-0.15, -0.1) is 0 Å². The Bertz CT molecular complexity index is 1220. The van der Waals surface area contributed by atoms with Crippen LogP contribution in [0.4, 0.5) is 0 Å². The van der Waals surface area contributed by atoms with Crippen LogP contribution in [0, 0.1) is 0 Å². The fourth-order valence-corrected chi connectivity index (χ4v) is 11.4. The number of hydrogen-bond donors (Lipinski definition) is 8. The van der Waals surface area contributed by atoms with Gasteiger partial charge in [0, 0.05) is 6.42 Å². The second-order valence-corrected chi connectivity index (χ2v) is 23.7. The highest BCUT2D eigenvalue weighted by molar-refractivity contribution is 7.47. The summed E-state index contributed by atoms with van der Waals surface area (Å²) in [5.74, 6) is -0.300. The molecule has 1 aliphatic carbocycles. The maximum atomic E-state index is 13.1. The number of phosphoric ester groups is 1. The molecule has 0 aromatic carbocycles. The number of phosphoric acid groups is 1. The second-order valence-electron chi connectivity index (χ2n) is 22.3. The predicted octanol–water partition coefficient (Wildman–Crippen LogP) is 14.5. The van der Waals surface area contributed by atoms with Gasteiger partial charge in [0.15, 0.2) is 0 Å². The monoisotopic (exact) mass is 1050 g/mol. The lowest BCUT2D eigenvalue weighted by Gasteiger charge is -2.41. The Morgan fingerprint density at radius 1 is 0.417 bits per heavy atom. The van der Waals surface area contributed by atoms with E-state index in [4.69, 9.17) is 9.05 Å². The van der Waals surface area contributed by atoms with Gasteiger partial charge in [-0.05, 0) is 12.8 Å². The first kappa shape index (κ1) is 69.4. The Balaban J connectivity index is 2.21. The van der Waals surface area contributed by atoms with Gasteiger partial charge in [0.05, 0.1) is 18.8 Å². The highest BCUT2D eigenvalue weighted by Crippen LogP contribution is 2.47. The van der Waals surface area contributed by atoms with Gasteiger partial charge in [-0.2, -0.15) is 0 Å². The summed E-state index contributed by atoms with van der Waals surface area (Å²) in [6.45, 7) is 3.95. The SMILES string of the molecule is CCCCCCCCCCCCCCCCCCCCCCCCCCCCCCCCC(=O)N[C@@H](COP(=O)(O)OC1C(O)C(O)C(O)[C@@H](O)C1O)[C@H](O)CCCCCCCCCCCCCCCCC. The molecule has 12 nitrogen and oxygen atoms in total. The first-order chi connectivity index (χ1) is 34.9. The van der Waals surface area contributed by atoms with Crippen molar-refractivity contribution in [3.8, 4) is 0 Å². The number of aliphatic hydroxyl groups is 6. The lowest BCUT2D eigenvalue weighted by atomic mass is 9.85. The van der Waals surface area contributed by atoms with Crippen LogP contribution >= 0.6 is 7.82 Å². The summed E-state index contributed by atoms with van der Waals surface area (Å²) < 4.78 is 23.1. The molecule has 0 radical (unpaired) electrons. The topological polar surface area (TPSA) is 206 Å². The van der Waals surface area contributed by atoms with Crippen molar-refractivity contribution in [2.24, 2.45) is 0 Å². The fraction of sp³-hybridized carbons (Fsp3) is 0.983. The number of rotatable bonds is 54. The molecule has 0 aliphatic heterocycles. The number of carbonyl (C=O) groups is 1. The van der Waals surface area contributed by atoms with Crippen LogP contribution in [0.25, 0.3) is 0 Å². The number of aliphatic hydroxyl groups excluding tert-OH is 6. The molecular weight excluding hydrogens is 930 g/mol. The average Bonchev–Trinajstić information content (AvgIpc) is 3.37. The third-order valence-electron chi connectivity index (χ3n) is 15.4. The van der Waals surface area contributed by atoms with Gasteiger partial charge in [0.2, 0.25) is 5.91 Å². The summed E-state index contributed by atoms with van der Waals surface area (Å²) >= 11 is 0. The van der Waals surface area contributed by atoms with E-state index in [-0.39, 0.29) is 12.3 Å². The highest BCUT2D eigenvalue weighted by Gasteiger charge is 2.51. The summed E-state index contributed by atoms with van der Waals surface area (Å²) in [5.41, 5.74) is 0. The summed E-state index contributed by atoms with van der Waals surface area (Å²) in [6, 6.07) is -1.03. The van der Waals surface area contributed by atoms with Crippen LogP contribution < -0.4 is 5.32 Å². The Kier molecular flexibility index (Phi) is 46.9. The lowest BCUT2D eigenvalue weighted by Crippen LogP contribution is -2.64. The van der Waals surface area contributed by atoms with Crippen LogP contribution in [0.15, 0.2) is 0 Å². The first-order valence-corrected chi connectivity index (χ1v) is 32.5. The molecule has 0 bridgehead atoms. The van der Waals surface area contributed by atoms with Crippen LogP contribution in [0.2, 0.25) is 0 Å². The molecule has 0 saturated heterocycles. The van der Waals surface area contributed by atoms with Gasteiger partial charge in [0.1, 0.15) is 36.6 Å². The molecule has 0 heterocycles. The van der Waals surface area contributed by atoms with Crippen molar-refractivity contribution in [2.75, 3.05) is 6.61 Å². The maximum absolute atomic E-state index is 13.1. The molecular formula is C59H118NO11P. The Hall–Kier alpha value is -0.660. The van der Waals surface area contributed by atoms with Crippen LogP contribution in [-0.4, -0.2) is 96.8 Å². The van der Waals surface area contributed by atoms with E-state index in [2.05, 4.69) is 19.2 Å². The van der Waals surface area contributed by atoms with Gasteiger partial charge in [0.25, 0.3) is 0 Å². The maximum Gasteiger partial charge on any atom is 0.472 e. The number of amides is 1. The number of carbonyl (C=O) groups excluding carboxylic acids is 1. The third kappa shape index (κ3) is 38.8. The smallest absolute Gasteiger partial charge is 0.391 e. The van der Waals surface area contributed by atoms with E-state index in [1.54, 1.807) is 0 Å². The Labute approximate surface area is 442 Å². The molecule has 9 atom stereocenters. The normalized spacial score (nSPS) is 21.0. The molecule has 1 fully saturated rings. The average molecular weight is 1050 g/mol. The van der Waals surface area contributed by atoms with Crippen LogP contribution in [0.5, 0.6) is 0 Å². The molecule has 1 amide bonds. The summed E-state index contributed by atoms with van der Waals surface area (Å²) in [7, 11) is -5.06. The van der Waals surface area contributed by atoms with Gasteiger partial charge in [-0.1, -0.05) is 296 Å². The molecule has 0 spiro atoms. The molecule has 6 unspecified atom stereocenters. The van der Waals surface area contributed by atoms with E-state index in [1.165, 1.54) is 238 Å². The van der Waals surface area contributed by atoms with E-state index < -0.39 is 63.2 Å². The van der Waals surface area contributed by atoms with E-state index in [0.29, 0.717) is 19.3 Å². The molecule has 0 aromatic rings. The van der Waals surface area contributed by atoms with Crippen molar-refractivity contribution in [3.05, 3.63) is 0 Å². The predicted molar refractivity (Wildman–Crippen MR) is 297 cm³/mol. The van der Waals surface area contributed by atoms with E-state index >= 15 is 0 Å². The third-order valence-corrected chi connectivity index (χ3v) is 16.4. The summed E-state index contributed by atoms with van der Waals surface area (Å²) in [4.78, 5) is 23.6. The molecule has 0 aromatic heterocycles. The molecule has 8 N–H and O–H groups in total. The number of hydrogen-bond acceptors (Lipinski definition) is 10. The van der Waals surface area contributed by atoms with Gasteiger partial charge >= 0.3 is 7.82 Å². The van der Waals surface area contributed by atoms with Crippen LogP contribution in [0.3, 0.4) is 0 Å². The van der Waals surface area contributed by atoms with Gasteiger partial charge in [-0.3, -0.25) is 13.8 Å². The van der Waals surface area contributed by atoms with E-state index in [0.717, 1.165) is 38.5 Å². The molecule has 1 saturated carbocycles. The van der Waals surface area contributed by atoms with Crippen molar-refractivity contribution in [3.63, 3.8) is 0 Å². The Morgan fingerprint density at radius 2 is 0.667 bits per heavy atom. The van der Waals surface area contributed by atoms with Crippen LogP contribution in [-0.2, 0) is 18.4 Å². The van der Waals surface area contributed by atoms with Crippen molar-refractivity contribution in [1.82, 2.24) is 5.32 Å². The van der Waals surface area contributed by atoms with Crippen molar-refractivity contribution in [2.45, 2.75) is 364 Å². The molecule has 1 aliphatic rings. The summed E-state index contributed by atoms with van der Waals surface area (Å²) in [5, 5.41) is 64.5. The zero-order valence-electron chi connectivity index (χ0n) is 46.8. The standard InChI is InChI=1S/C59H118NO11P/c1-3-5-7-9-11-13-15-17-19-20-21-22-23-24-25-26-27-28-29-30-31-32-33-35-37-39-41-43-45-47-49-53(62)60-51(50-70-72(68,69)71-59-57(66)55(64)54(63)56(65)58(59)67)52(61)48-46-44-42-40-38-36-34-18-16-14-12-10-8-6-4-2/h51-52,54-59,61,63-67H,3-50H2,1-2H3,(H,60,62)(H,68,69)/t51-,52+,54?,55+,56?,57?,58?,59?/m0/s1. The zero-order valence-corrected chi connectivity index (χ0v) is 47.7. The molecule has 13 heteroatoms. The van der Waals surface area contributed by atoms with Crippen molar-refractivity contribution in [1.29, 1.82) is 0 Å². The fourth-order valence-electron chi connectivity index (χ4n) is 10.4. The number of nitrogens with one attached hydrogen (secondary N) is 1. The van der Waals surface area contributed by atoms with E-state index in [1.807, 2.05) is 0 Å². The van der Waals surface area contributed by atoms with Crippen molar-refractivity contribution >= 4 is 13.7 Å². The Morgan fingerprint density at radius 3 is 0.958 bits per heavy atom. The number of unbranched alkanes of at least 4 members (excludes halogenated alkanes) is 43. The van der Waals surface area contributed by atoms with E-state index in [9.17, 15) is 44.9 Å². The van der Waals surface area contributed by atoms with Gasteiger partial charge in [-0.25, -0.2) is 4.57 Å². The van der Waals surface area contributed by atoms with Crippen LogP contribution in [0.1, 0.15) is 316 Å². The largest absolute Gasteiger partial charge is 0.472 e. The zero-order chi connectivity index (χ0) is 52.8. The minimum atomic E-state index is -5.06. The quantitative estimate of drug-likeness (QED) is 0.0212. The highest BCUT2D eigenvalue weighted by atomic mass is 31.2. The first-order valence-electron chi connectivity index (χ1n) is 31.0. The minimum Gasteiger partial charge on any atom is -0.391 e. The molecule has 1 rings (SSSR count). The minimum absolute atomic E-state index is 0.244. The molecule has 430 valence electrons. The van der Waals surface area contributed by atoms with Crippen molar-refractivity contribution < 1.29 is 53.9 Å². The lowest BCUT2D eigenvalue weighted by molar-refractivity contribution is -0.220. The second kappa shape index (κ2) is 48.7. The molecule has 72 heavy (non-hydrogen) atoms.